The highest BCUT2D eigenvalue weighted by atomic mass is 35.5. The second-order valence-electron chi connectivity index (χ2n) is 4.46. The maximum absolute atomic E-state index is 11.2. The van der Waals surface area contributed by atoms with Gasteiger partial charge in [-0.05, 0) is 11.6 Å². The number of carbonyl (C=O) groups is 1. The normalized spacial score (nSPS) is 31.2. The molecule has 0 radical (unpaired) electrons. The van der Waals surface area contributed by atoms with Crippen LogP contribution >= 0.6 is 11.6 Å². The summed E-state index contributed by atoms with van der Waals surface area (Å²) in [6.07, 6.45) is 0.720. The van der Waals surface area contributed by atoms with E-state index in [9.17, 15) is 14.9 Å². The molecule has 4 atom stereocenters. The molecule has 18 heavy (non-hydrogen) atoms. The summed E-state index contributed by atoms with van der Waals surface area (Å²) in [6, 6.07) is 5.09. The van der Waals surface area contributed by atoms with Crippen molar-refractivity contribution < 1.29 is 9.72 Å². The number of hydrogen-bond donors (Lipinski definition) is 1. The van der Waals surface area contributed by atoms with Gasteiger partial charge in [0, 0.05) is 15.9 Å². The molecule has 0 aliphatic carbocycles. The Labute approximate surface area is 109 Å². The second kappa shape index (κ2) is 5.04. The molecule has 6 heteroatoms. The van der Waals surface area contributed by atoms with Gasteiger partial charge < -0.3 is 4.79 Å². The highest BCUT2D eigenvalue weighted by Gasteiger charge is 2.49. The quantitative estimate of drug-likeness (QED) is 0.516. The van der Waals surface area contributed by atoms with Crippen LogP contribution in [-0.4, -0.2) is 23.3 Å². The Hall–Kier alpha value is -1.46. The molecular weight excluding hydrogens is 256 g/mol. The van der Waals surface area contributed by atoms with Gasteiger partial charge in [0.25, 0.3) is 0 Å². The minimum atomic E-state index is -0.847. The van der Waals surface area contributed by atoms with Crippen molar-refractivity contribution in [3.63, 3.8) is 0 Å². The van der Waals surface area contributed by atoms with Gasteiger partial charge in [0.15, 0.2) is 0 Å². The van der Waals surface area contributed by atoms with Crippen LogP contribution in [0.15, 0.2) is 24.3 Å². The van der Waals surface area contributed by atoms with Gasteiger partial charge in [0.05, 0.1) is 6.04 Å². The topological polar surface area (TPSA) is 72.2 Å². The molecule has 0 amide bonds. The van der Waals surface area contributed by atoms with Crippen LogP contribution in [0.3, 0.4) is 0 Å². The number of hydrogen-bond acceptors (Lipinski definition) is 4. The Morgan fingerprint density at radius 2 is 2.11 bits per heavy atom. The number of nitrogens with one attached hydrogen (secondary N) is 1. The highest BCUT2D eigenvalue weighted by molar-refractivity contribution is 6.31. The van der Waals surface area contributed by atoms with Crippen molar-refractivity contribution in [3.8, 4) is 0 Å². The van der Waals surface area contributed by atoms with Crippen molar-refractivity contribution in [3.05, 3.63) is 45.0 Å². The summed E-state index contributed by atoms with van der Waals surface area (Å²) in [5.74, 6) is -0.362. The van der Waals surface area contributed by atoms with E-state index in [1.807, 2.05) is 0 Å². The summed E-state index contributed by atoms with van der Waals surface area (Å²) in [7, 11) is 0. The highest BCUT2D eigenvalue weighted by Crippen LogP contribution is 2.35. The summed E-state index contributed by atoms with van der Waals surface area (Å²) >= 11 is 6.06. The molecule has 2 rings (SSSR count). The van der Waals surface area contributed by atoms with Gasteiger partial charge in [-0.2, -0.15) is 0 Å². The average Bonchev–Trinajstić information content (AvgIpc) is 2.66. The van der Waals surface area contributed by atoms with E-state index >= 15 is 0 Å². The first-order chi connectivity index (χ1) is 8.56. The molecule has 96 valence electrons. The van der Waals surface area contributed by atoms with Gasteiger partial charge in [-0.15, -0.1) is 0 Å². The maximum Gasteiger partial charge on any atom is 0.236 e. The van der Waals surface area contributed by atoms with E-state index in [0.29, 0.717) is 10.6 Å². The van der Waals surface area contributed by atoms with E-state index in [4.69, 9.17) is 11.6 Å². The molecule has 1 N–H and O–H groups in total. The molecule has 1 aliphatic heterocycles. The zero-order valence-corrected chi connectivity index (χ0v) is 10.5. The molecule has 1 aromatic carbocycles. The minimum absolute atomic E-state index is 0.338. The number of aldehydes is 1. The number of nitro groups is 1. The molecule has 1 aliphatic rings. The van der Waals surface area contributed by atoms with Gasteiger partial charge in [0.1, 0.15) is 12.3 Å². The number of benzene rings is 1. The van der Waals surface area contributed by atoms with E-state index in [1.54, 1.807) is 31.2 Å². The summed E-state index contributed by atoms with van der Waals surface area (Å²) < 4.78 is 0. The molecule has 0 bridgehead atoms. The van der Waals surface area contributed by atoms with Crippen molar-refractivity contribution in [2.75, 3.05) is 0 Å². The third kappa shape index (κ3) is 2.11. The molecular formula is C12H13ClN2O3. The molecule has 2 unspecified atom stereocenters. The number of carbonyl (C=O) groups excluding carboxylic acids is 1. The zero-order valence-electron chi connectivity index (χ0n) is 9.75. The molecule has 5 nitrogen and oxygen atoms in total. The fourth-order valence-electron chi connectivity index (χ4n) is 2.45. The first-order valence-corrected chi connectivity index (χ1v) is 6.03. The molecule has 0 spiro atoms. The summed E-state index contributed by atoms with van der Waals surface area (Å²) in [6.45, 7) is 1.70. The maximum atomic E-state index is 11.2. The van der Waals surface area contributed by atoms with Gasteiger partial charge in [0.2, 0.25) is 6.04 Å². The van der Waals surface area contributed by atoms with Crippen LogP contribution in [0.4, 0.5) is 0 Å². The smallest absolute Gasteiger partial charge is 0.236 e. The Kier molecular flexibility index (Phi) is 3.63. The van der Waals surface area contributed by atoms with E-state index in [0.717, 1.165) is 6.29 Å². The molecule has 1 saturated heterocycles. The third-order valence-corrected chi connectivity index (χ3v) is 3.79. The lowest BCUT2D eigenvalue weighted by Gasteiger charge is -2.16. The van der Waals surface area contributed by atoms with Crippen LogP contribution in [0.25, 0.3) is 0 Å². The van der Waals surface area contributed by atoms with E-state index in [-0.39, 0.29) is 10.8 Å². The SMILES string of the molecule is CC1C(C=O)N[C@H](c2ccccc2Cl)[C@H]1[N+](=O)[O-]. The van der Waals surface area contributed by atoms with E-state index in [1.165, 1.54) is 0 Å². The van der Waals surface area contributed by atoms with Crippen LogP contribution in [0, 0.1) is 16.0 Å². The van der Waals surface area contributed by atoms with Crippen LogP contribution < -0.4 is 5.32 Å². The first kappa shape index (κ1) is 13.0. The third-order valence-electron chi connectivity index (χ3n) is 3.45. The van der Waals surface area contributed by atoms with Crippen LogP contribution in [0.2, 0.25) is 5.02 Å². The monoisotopic (exact) mass is 268 g/mol. The summed E-state index contributed by atoms with van der Waals surface area (Å²) in [5.41, 5.74) is 0.664. The average molecular weight is 269 g/mol. The lowest BCUT2D eigenvalue weighted by Crippen LogP contribution is -2.30. The summed E-state index contributed by atoms with van der Waals surface area (Å²) in [4.78, 5) is 21.8. The van der Waals surface area contributed by atoms with Gasteiger partial charge in [-0.3, -0.25) is 15.4 Å². The van der Waals surface area contributed by atoms with Crippen molar-refractivity contribution in [1.82, 2.24) is 5.32 Å². The largest absolute Gasteiger partial charge is 0.302 e. The predicted octanol–water partition coefficient (Wildman–Crippen LogP) is 1.83. The molecule has 0 saturated carbocycles. The number of nitrogens with zero attached hydrogens (tertiary/aromatic N) is 1. The molecule has 1 fully saturated rings. The number of rotatable bonds is 3. The number of halogens is 1. The predicted molar refractivity (Wildman–Crippen MR) is 67.1 cm³/mol. The van der Waals surface area contributed by atoms with Crippen LogP contribution in [0.5, 0.6) is 0 Å². The van der Waals surface area contributed by atoms with Crippen LogP contribution in [-0.2, 0) is 4.79 Å². The zero-order chi connectivity index (χ0) is 13.3. The Morgan fingerprint density at radius 3 is 2.67 bits per heavy atom. The molecule has 1 heterocycles. The van der Waals surface area contributed by atoms with Crippen molar-refractivity contribution in [1.29, 1.82) is 0 Å². The second-order valence-corrected chi connectivity index (χ2v) is 4.87. The minimum Gasteiger partial charge on any atom is -0.302 e. The standard InChI is InChI=1S/C12H13ClN2O3/c1-7-10(6-16)14-11(12(7)15(17)18)8-4-2-3-5-9(8)13/h2-7,10-12,14H,1H3/t7?,10?,11-,12+/m1/s1. The fraction of sp³-hybridized carbons (Fsp3) is 0.417. The lowest BCUT2D eigenvalue weighted by molar-refractivity contribution is -0.531. The summed E-state index contributed by atoms with van der Waals surface area (Å²) in [5, 5.41) is 14.6. The Morgan fingerprint density at radius 1 is 1.44 bits per heavy atom. The van der Waals surface area contributed by atoms with Gasteiger partial charge in [-0.25, -0.2) is 0 Å². The van der Waals surface area contributed by atoms with Crippen LogP contribution in [0.1, 0.15) is 18.5 Å². The Bertz CT molecular complexity index is 480. The van der Waals surface area contributed by atoms with E-state index in [2.05, 4.69) is 5.32 Å². The van der Waals surface area contributed by atoms with Crippen molar-refractivity contribution in [2.45, 2.75) is 25.0 Å². The van der Waals surface area contributed by atoms with E-state index < -0.39 is 18.1 Å². The van der Waals surface area contributed by atoms with Crippen molar-refractivity contribution >= 4 is 17.9 Å². The van der Waals surface area contributed by atoms with Gasteiger partial charge in [-0.1, -0.05) is 36.7 Å². The lowest BCUT2D eigenvalue weighted by atomic mass is 9.93. The molecule has 0 aromatic heterocycles. The van der Waals surface area contributed by atoms with Gasteiger partial charge >= 0.3 is 0 Å². The molecule has 1 aromatic rings. The first-order valence-electron chi connectivity index (χ1n) is 5.65. The van der Waals surface area contributed by atoms with Crippen molar-refractivity contribution in [2.24, 2.45) is 5.92 Å². The Balaban J connectivity index is 2.40. The fourth-order valence-corrected chi connectivity index (χ4v) is 2.70.